The highest BCUT2D eigenvalue weighted by atomic mass is 35.5. The molecule has 1 amide bonds. The number of aromatic amines is 1. The van der Waals surface area contributed by atoms with Crippen molar-refractivity contribution in [1.82, 2.24) is 19.6 Å². The molecule has 4 N–H and O–H groups in total. The van der Waals surface area contributed by atoms with Gasteiger partial charge >= 0.3 is 0 Å². The summed E-state index contributed by atoms with van der Waals surface area (Å²) >= 11 is 6.24. The van der Waals surface area contributed by atoms with Crippen molar-refractivity contribution in [2.45, 2.75) is 81.9 Å². The summed E-state index contributed by atoms with van der Waals surface area (Å²) in [5.74, 6) is -0.610. The highest BCUT2D eigenvalue weighted by molar-refractivity contribution is 7.90. The van der Waals surface area contributed by atoms with Gasteiger partial charge < -0.3 is 34.5 Å². The smallest absolute Gasteiger partial charge is 0.297 e. The Hall–Kier alpha value is -5.72. The van der Waals surface area contributed by atoms with Crippen LogP contribution >= 0.6 is 11.6 Å². The maximum atomic E-state index is 14.1. The summed E-state index contributed by atoms with van der Waals surface area (Å²) in [7, 11) is -4.69. The normalized spacial score (nSPS) is 21.2. The SMILES string of the molecule is CC1(C)CCC(c2ccc(Cl)cc2)=C(CN2CCN(c3ccc(C(=O)NS(=O)(=O)c4cc5c(c([N+](=O)[O-])c4)N[C@H](COC4CCC(O)CC4)CO5)c(Oc4cnc5[nH]ccc5c4)c3)CC2)C1. The lowest BCUT2D eigenvalue weighted by molar-refractivity contribution is -0.384. The van der Waals surface area contributed by atoms with Crippen molar-refractivity contribution < 1.29 is 37.5 Å². The van der Waals surface area contributed by atoms with Gasteiger partial charge in [0.25, 0.3) is 21.6 Å². The summed E-state index contributed by atoms with van der Waals surface area (Å²) in [6, 6.07) is 18.4. The molecule has 2 aliphatic heterocycles. The van der Waals surface area contributed by atoms with Gasteiger partial charge in [-0.1, -0.05) is 43.2 Å². The third-order valence-corrected chi connectivity index (χ3v) is 14.6. The van der Waals surface area contributed by atoms with Crippen LogP contribution in [0, 0.1) is 15.5 Å². The number of allylic oxidation sites excluding steroid dienone is 1. The van der Waals surface area contributed by atoms with Crippen LogP contribution in [0.15, 0.2) is 89.6 Å². The molecule has 4 heterocycles. The predicted octanol–water partition coefficient (Wildman–Crippen LogP) is 8.31. The summed E-state index contributed by atoms with van der Waals surface area (Å²) in [4.78, 5) is 37.3. The minimum absolute atomic E-state index is 0.0158. The Morgan fingerprint density at radius 2 is 1.82 bits per heavy atom. The zero-order chi connectivity index (χ0) is 46.2. The van der Waals surface area contributed by atoms with Gasteiger partial charge in [-0.2, -0.15) is 0 Å². The highest BCUT2D eigenvalue weighted by Gasteiger charge is 2.34. The number of benzene rings is 3. The molecule has 18 heteroatoms. The first-order chi connectivity index (χ1) is 31.7. The molecule has 2 aromatic heterocycles. The topological polar surface area (TPSA) is 201 Å². The Morgan fingerprint density at radius 1 is 1.05 bits per heavy atom. The number of amides is 1. The van der Waals surface area contributed by atoms with Crippen molar-refractivity contribution in [2.24, 2.45) is 5.41 Å². The third kappa shape index (κ3) is 10.3. The largest absolute Gasteiger partial charge is 0.489 e. The fourth-order valence-electron chi connectivity index (χ4n) is 9.44. The number of ether oxygens (including phenoxy) is 3. The number of hydrogen-bond donors (Lipinski definition) is 4. The molecule has 5 aromatic rings. The number of hydrogen-bond acceptors (Lipinski definition) is 13. The number of sulfonamides is 1. The number of anilines is 2. The molecule has 348 valence electrons. The van der Waals surface area contributed by atoms with Gasteiger partial charge in [0.1, 0.15) is 23.8 Å². The van der Waals surface area contributed by atoms with Crippen LogP contribution in [0.5, 0.6) is 17.2 Å². The van der Waals surface area contributed by atoms with E-state index in [0.717, 1.165) is 67.1 Å². The predicted molar refractivity (Wildman–Crippen MR) is 252 cm³/mol. The lowest BCUT2D eigenvalue weighted by Gasteiger charge is -2.39. The maximum Gasteiger partial charge on any atom is 0.297 e. The van der Waals surface area contributed by atoms with Crippen molar-refractivity contribution >= 4 is 61.2 Å². The monoisotopic (exact) mass is 939 g/mol. The van der Waals surface area contributed by atoms with Crippen LogP contribution in [0.1, 0.15) is 74.7 Å². The van der Waals surface area contributed by atoms with Crippen LogP contribution in [0.2, 0.25) is 5.02 Å². The van der Waals surface area contributed by atoms with E-state index in [1.165, 1.54) is 29.0 Å². The van der Waals surface area contributed by atoms with Gasteiger partial charge in [-0.3, -0.25) is 19.8 Å². The second kappa shape index (κ2) is 18.9. The van der Waals surface area contributed by atoms with Crippen LogP contribution in [0.4, 0.5) is 17.1 Å². The number of aromatic nitrogens is 2. The first-order valence-electron chi connectivity index (χ1n) is 22.4. The number of piperazine rings is 1. The number of nitrogens with one attached hydrogen (secondary N) is 3. The van der Waals surface area contributed by atoms with E-state index in [4.69, 9.17) is 25.8 Å². The summed E-state index contributed by atoms with van der Waals surface area (Å²) in [5.41, 5.74) is 5.14. The van der Waals surface area contributed by atoms with Gasteiger partial charge in [-0.15, -0.1) is 0 Å². The van der Waals surface area contributed by atoms with E-state index in [0.29, 0.717) is 50.2 Å². The average Bonchev–Trinajstić information content (AvgIpc) is 3.77. The van der Waals surface area contributed by atoms with Gasteiger partial charge in [0.05, 0.1) is 46.4 Å². The zero-order valence-electron chi connectivity index (χ0n) is 36.9. The highest BCUT2D eigenvalue weighted by Crippen LogP contribution is 2.44. The molecular formula is C48H54ClN7O9S. The van der Waals surface area contributed by atoms with Gasteiger partial charge in [-0.05, 0) is 97.9 Å². The Balaban J connectivity index is 0.924. The number of pyridine rings is 1. The van der Waals surface area contributed by atoms with Crippen molar-refractivity contribution in [3.8, 4) is 17.2 Å². The van der Waals surface area contributed by atoms with E-state index in [2.05, 4.69) is 55.8 Å². The van der Waals surface area contributed by atoms with E-state index in [9.17, 15) is 28.4 Å². The number of nitro benzene ring substituents is 1. The average molecular weight is 941 g/mol. The van der Waals surface area contributed by atoms with Crippen molar-refractivity contribution in [3.63, 3.8) is 0 Å². The number of carbonyl (C=O) groups is 1. The van der Waals surface area contributed by atoms with Crippen LogP contribution in [-0.2, 0) is 14.8 Å². The Labute approximate surface area is 388 Å². The molecule has 9 rings (SSSR count). The molecule has 4 aliphatic rings. The molecular weight excluding hydrogens is 886 g/mol. The maximum absolute atomic E-state index is 14.1. The molecule has 1 atom stereocenters. The number of nitrogens with zero attached hydrogens (tertiary/aromatic N) is 4. The minimum atomic E-state index is -4.69. The molecule has 2 fully saturated rings. The Morgan fingerprint density at radius 3 is 2.58 bits per heavy atom. The fraction of sp³-hybridized carbons (Fsp3) is 0.417. The first-order valence-corrected chi connectivity index (χ1v) is 24.3. The molecule has 0 radical (unpaired) electrons. The lowest BCUT2D eigenvalue weighted by atomic mass is 9.73. The standard InChI is InChI=1S/C48H54ClN7O9S/c1-48(2)15-13-40(30-3-5-33(49)6-4-30)32(25-48)27-54-17-19-55(20-18-54)35-7-12-41(43(22-35)65-38-21-31-14-16-50-46(31)51-26-38)47(58)53-66(61,62)39-23-42(56(59)60)45-44(24-39)64-29-34(52-45)28-63-37-10-8-36(57)9-11-37/h3-7,12,14,16,21-24,26,34,36-37,52,57H,8-11,13,15,17-20,25,27-29H2,1-2H3,(H,50,51)(H,53,58)/t34-,36?,37?/m1/s1. The molecule has 3 aromatic carbocycles. The van der Waals surface area contributed by atoms with Gasteiger partial charge in [0, 0.05) is 73.2 Å². The summed E-state index contributed by atoms with van der Waals surface area (Å²) in [5, 5.41) is 26.7. The molecule has 0 spiro atoms. The van der Waals surface area contributed by atoms with Crippen LogP contribution in [0.25, 0.3) is 16.6 Å². The molecule has 2 aliphatic carbocycles. The minimum Gasteiger partial charge on any atom is -0.489 e. The van der Waals surface area contributed by atoms with Gasteiger partial charge in [-0.25, -0.2) is 18.1 Å². The van der Waals surface area contributed by atoms with Crippen LogP contribution in [-0.4, -0.2) is 103 Å². The molecule has 16 nitrogen and oxygen atoms in total. The van der Waals surface area contributed by atoms with Crippen molar-refractivity contribution in [1.29, 1.82) is 0 Å². The van der Waals surface area contributed by atoms with E-state index in [1.807, 2.05) is 18.2 Å². The van der Waals surface area contributed by atoms with Crippen LogP contribution < -0.4 is 24.4 Å². The van der Waals surface area contributed by atoms with E-state index in [-0.39, 0.29) is 53.6 Å². The Bertz CT molecular complexity index is 2760. The second-order valence-corrected chi connectivity index (χ2v) is 20.6. The summed E-state index contributed by atoms with van der Waals surface area (Å²) < 4.78 is 48.2. The molecule has 0 unspecified atom stereocenters. The second-order valence-electron chi connectivity index (χ2n) is 18.5. The number of aliphatic hydroxyl groups is 1. The number of rotatable bonds is 13. The number of fused-ring (bicyclic) bond motifs is 2. The van der Waals surface area contributed by atoms with E-state index in [1.54, 1.807) is 24.4 Å². The number of H-pyrrole nitrogens is 1. The number of halogens is 1. The van der Waals surface area contributed by atoms with Crippen molar-refractivity contribution in [2.75, 3.05) is 56.2 Å². The zero-order valence-corrected chi connectivity index (χ0v) is 38.5. The van der Waals surface area contributed by atoms with Gasteiger partial charge in [0.2, 0.25) is 0 Å². The summed E-state index contributed by atoms with van der Waals surface area (Å²) in [6.45, 7) is 8.80. The quantitative estimate of drug-likeness (QED) is 0.0649. The van der Waals surface area contributed by atoms with E-state index < -0.39 is 37.5 Å². The number of carbonyl (C=O) groups excluding carboxylic acids is 1. The van der Waals surface area contributed by atoms with Gasteiger partial charge in [0.15, 0.2) is 11.4 Å². The van der Waals surface area contributed by atoms with Crippen molar-refractivity contribution in [3.05, 3.63) is 111 Å². The lowest BCUT2D eigenvalue weighted by Crippen LogP contribution is -2.47. The fourth-order valence-corrected chi connectivity index (χ4v) is 10.6. The number of nitro groups is 1. The molecule has 66 heavy (non-hydrogen) atoms. The molecule has 1 saturated carbocycles. The van der Waals surface area contributed by atoms with Crippen LogP contribution in [0.3, 0.4) is 0 Å². The summed E-state index contributed by atoms with van der Waals surface area (Å²) in [6.07, 6.45) is 8.76. The van der Waals surface area contributed by atoms with E-state index >= 15 is 0 Å². The molecule has 1 saturated heterocycles. The molecule has 0 bridgehead atoms. The number of aliphatic hydroxyl groups excluding tert-OH is 1. The Kier molecular flexibility index (Phi) is 13.0. The third-order valence-electron chi connectivity index (χ3n) is 13.1. The first kappa shape index (κ1) is 45.4.